The molecule has 0 amide bonds. The minimum absolute atomic E-state index is 0.0607. The Hall–Kier alpha value is -1.26. The van der Waals surface area contributed by atoms with E-state index in [4.69, 9.17) is 9.84 Å². The van der Waals surface area contributed by atoms with Crippen LogP contribution in [0, 0.1) is 0 Å². The molecule has 4 heteroatoms. The summed E-state index contributed by atoms with van der Waals surface area (Å²) in [6.07, 6.45) is 0.848. The highest BCUT2D eigenvalue weighted by atomic mass is 16.5. The third-order valence-corrected chi connectivity index (χ3v) is 2.60. The summed E-state index contributed by atoms with van der Waals surface area (Å²) < 4.78 is 5.02. The Morgan fingerprint density at radius 1 is 1.44 bits per heavy atom. The van der Waals surface area contributed by atoms with Crippen LogP contribution in [0.2, 0.25) is 0 Å². The molecule has 0 aliphatic heterocycles. The molecule has 0 aromatic heterocycles. The van der Waals surface area contributed by atoms with Gasteiger partial charge in [0.1, 0.15) is 0 Å². The lowest BCUT2D eigenvalue weighted by Crippen LogP contribution is -2.31. The largest absolute Gasteiger partial charge is 0.504 e. The van der Waals surface area contributed by atoms with Crippen molar-refractivity contribution >= 4 is 0 Å². The van der Waals surface area contributed by atoms with Crippen molar-refractivity contribution in [2.45, 2.75) is 25.9 Å². The van der Waals surface area contributed by atoms with Gasteiger partial charge in [0.05, 0.1) is 13.7 Å². The highest BCUT2D eigenvalue weighted by molar-refractivity contribution is 5.45. The number of hydrogen-bond donors (Lipinski definition) is 3. The molecule has 1 atom stereocenters. The van der Waals surface area contributed by atoms with Gasteiger partial charge in [-0.05, 0) is 12.5 Å². The average Bonchev–Trinajstić information content (AvgIpc) is 2.32. The quantitative estimate of drug-likeness (QED) is 0.682. The molecule has 90 valence electrons. The van der Waals surface area contributed by atoms with Crippen LogP contribution in [0.1, 0.15) is 18.9 Å². The number of para-hydroxylation sites is 1. The Bertz CT molecular complexity index is 324. The van der Waals surface area contributed by atoms with Gasteiger partial charge in [-0.1, -0.05) is 19.1 Å². The van der Waals surface area contributed by atoms with Gasteiger partial charge in [-0.2, -0.15) is 0 Å². The number of aliphatic hydroxyl groups excluding tert-OH is 1. The highest BCUT2D eigenvalue weighted by Gasteiger charge is 2.09. The molecule has 0 heterocycles. The number of phenolic OH excluding ortho intramolecular Hbond substituents is 1. The maximum atomic E-state index is 9.82. The fraction of sp³-hybridized carbons (Fsp3) is 0.500. The predicted octanol–water partition coefficient (Wildman–Crippen LogP) is 1.26. The Morgan fingerprint density at radius 2 is 2.19 bits per heavy atom. The van der Waals surface area contributed by atoms with E-state index in [2.05, 4.69) is 5.32 Å². The lowest BCUT2D eigenvalue weighted by atomic mass is 10.1. The van der Waals surface area contributed by atoms with Crippen LogP contribution in [0.4, 0.5) is 0 Å². The Balaban J connectivity index is 2.66. The van der Waals surface area contributed by atoms with Gasteiger partial charge in [-0.15, -0.1) is 0 Å². The van der Waals surface area contributed by atoms with Crippen LogP contribution < -0.4 is 10.1 Å². The van der Waals surface area contributed by atoms with Crippen molar-refractivity contribution in [3.05, 3.63) is 23.8 Å². The molecule has 0 radical (unpaired) electrons. The molecule has 1 aromatic rings. The van der Waals surface area contributed by atoms with Gasteiger partial charge < -0.3 is 20.3 Å². The average molecular weight is 225 g/mol. The minimum Gasteiger partial charge on any atom is -0.504 e. The summed E-state index contributed by atoms with van der Waals surface area (Å²) in [6.45, 7) is 2.61. The zero-order chi connectivity index (χ0) is 12.0. The van der Waals surface area contributed by atoms with Gasteiger partial charge >= 0.3 is 0 Å². The van der Waals surface area contributed by atoms with Crippen molar-refractivity contribution in [3.63, 3.8) is 0 Å². The molecule has 3 N–H and O–H groups in total. The lowest BCUT2D eigenvalue weighted by molar-refractivity contribution is 0.237. The predicted molar refractivity (Wildman–Crippen MR) is 62.7 cm³/mol. The van der Waals surface area contributed by atoms with Gasteiger partial charge in [-0.25, -0.2) is 0 Å². The molecule has 0 saturated carbocycles. The van der Waals surface area contributed by atoms with Crippen molar-refractivity contribution in [2.75, 3.05) is 13.7 Å². The number of hydrogen-bond acceptors (Lipinski definition) is 4. The van der Waals surface area contributed by atoms with E-state index < -0.39 is 0 Å². The van der Waals surface area contributed by atoms with E-state index in [1.165, 1.54) is 7.11 Å². The number of aliphatic hydroxyl groups is 1. The van der Waals surface area contributed by atoms with E-state index in [1.807, 2.05) is 19.1 Å². The standard InChI is InChI=1S/C12H19NO3/c1-3-10(8-14)13-7-9-5-4-6-11(16-2)12(9)15/h4-6,10,13-15H,3,7-8H2,1-2H3. The molecule has 1 unspecified atom stereocenters. The summed E-state index contributed by atoms with van der Waals surface area (Å²) >= 11 is 0. The molecule has 0 aliphatic carbocycles. The fourth-order valence-corrected chi connectivity index (χ4v) is 1.47. The highest BCUT2D eigenvalue weighted by Crippen LogP contribution is 2.29. The van der Waals surface area contributed by atoms with Crippen molar-refractivity contribution in [1.82, 2.24) is 5.32 Å². The molecule has 1 rings (SSSR count). The van der Waals surface area contributed by atoms with Crippen LogP contribution in [-0.2, 0) is 6.54 Å². The van der Waals surface area contributed by atoms with Crippen molar-refractivity contribution in [2.24, 2.45) is 0 Å². The Morgan fingerprint density at radius 3 is 2.75 bits per heavy atom. The molecular formula is C12H19NO3. The van der Waals surface area contributed by atoms with Crippen LogP contribution in [-0.4, -0.2) is 30.0 Å². The second-order valence-electron chi connectivity index (χ2n) is 3.64. The number of phenols is 1. The first-order valence-electron chi connectivity index (χ1n) is 5.42. The van der Waals surface area contributed by atoms with E-state index in [1.54, 1.807) is 6.07 Å². The monoisotopic (exact) mass is 225 g/mol. The number of benzene rings is 1. The van der Waals surface area contributed by atoms with E-state index in [0.717, 1.165) is 12.0 Å². The summed E-state index contributed by atoms with van der Waals surface area (Å²) in [6, 6.07) is 5.43. The Labute approximate surface area is 95.9 Å². The molecule has 1 aromatic carbocycles. The summed E-state index contributed by atoms with van der Waals surface area (Å²) in [5.74, 6) is 0.627. The smallest absolute Gasteiger partial charge is 0.162 e. The molecule has 0 saturated heterocycles. The first-order valence-corrected chi connectivity index (χ1v) is 5.42. The van der Waals surface area contributed by atoms with Crippen LogP contribution in [0.25, 0.3) is 0 Å². The summed E-state index contributed by atoms with van der Waals surface area (Å²) in [5.41, 5.74) is 0.770. The van der Waals surface area contributed by atoms with Gasteiger partial charge in [0.2, 0.25) is 0 Å². The summed E-state index contributed by atoms with van der Waals surface area (Å²) in [5, 5.41) is 22.0. The molecule has 0 spiro atoms. The van der Waals surface area contributed by atoms with E-state index in [9.17, 15) is 5.11 Å². The zero-order valence-corrected chi connectivity index (χ0v) is 9.73. The summed E-state index contributed by atoms with van der Waals surface area (Å²) in [4.78, 5) is 0. The molecule has 0 fully saturated rings. The van der Waals surface area contributed by atoms with Crippen LogP contribution in [0.3, 0.4) is 0 Å². The van der Waals surface area contributed by atoms with Crippen molar-refractivity contribution in [1.29, 1.82) is 0 Å². The second kappa shape index (κ2) is 6.35. The van der Waals surface area contributed by atoms with Crippen LogP contribution >= 0.6 is 0 Å². The molecule has 0 aliphatic rings. The number of ether oxygens (including phenoxy) is 1. The SMILES string of the molecule is CCC(CO)NCc1cccc(OC)c1O. The minimum atomic E-state index is 0.0607. The number of aromatic hydroxyl groups is 1. The zero-order valence-electron chi connectivity index (χ0n) is 9.73. The van der Waals surface area contributed by atoms with Gasteiger partial charge in [-0.3, -0.25) is 0 Å². The van der Waals surface area contributed by atoms with Crippen LogP contribution in [0.5, 0.6) is 11.5 Å². The van der Waals surface area contributed by atoms with E-state index >= 15 is 0 Å². The fourth-order valence-electron chi connectivity index (χ4n) is 1.47. The molecule has 4 nitrogen and oxygen atoms in total. The van der Waals surface area contributed by atoms with Crippen LogP contribution in [0.15, 0.2) is 18.2 Å². The van der Waals surface area contributed by atoms with E-state index in [0.29, 0.717) is 12.3 Å². The third kappa shape index (κ3) is 3.12. The van der Waals surface area contributed by atoms with E-state index in [-0.39, 0.29) is 18.4 Å². The maximum Gasteiger partial charge on any atom is 0.162 e. The summed E-state index contributed by atoms with van der Waals surface area (Å²) in [7, 11) is 1.52. The number of rotatable bonds is 6. The molecular weight excluding hydrogens is 206 g/mol. The third-order valence-electron chi connectivity index (χ3n) is 2.60. The Kier molecular flexibility index (Phi) is 5.08. The molecule has 0 bridgehead atoms. The first-order chi connectivity index (χ1) is 7.72. The maximum absolute atomic E-state index is 9.82. The second-order valence-corrected chi connectivity index (χ2v) is 3.64. The van der Waals surface area contributed by atoms with Crippen molar-refractivity contribution in [3.8, 4) is 11.5 Å². The number of nitrogens with one attached hydrogen (secondary N) is 1. The van der Waals surface area contributed by atoms with Gasteiger partial charge in [0, 0.05) is 18.2 Å². The normalized spacial score (nSPS) is 12.4. The molecule has 16 heavy (non-hydrogen) atoms. The first kappa shape index (κ1) is 12.8. The van der Waals surface area contributed by atoms with Gasteiger partial charge in [0.25, 0.3) is 0 Å². The lowest BCUT2D eigenvalue weighted by Gasteiger charge is -2.15. The van der Waals surface area contributed by atoms with Gasteiger partial charge in [0.15, 0.2) is 11.5 Å². The number of methoxy groups -OCH3 is 1. The topological polar surface area (TPSA) is 61.7 Å². The van der Waals surface area contributed by atoms with Crippen molar-refractivity contribution < 1.29 is 14.9 Å².